The summed E-state index contributed by atoms with van der Waals surface area (Å²) in [4.78, 5) is 14.4. The predicted octanol–water partition coefficient (Wildman–Crippen LogP) is 1.14. The lowest BCUT2D eigenvalue weighted by Crippen LogP contribution is -2.44. The lowest BCUT2D eigenvalue weighted by molar-refractivity contribution is 0.0951. The van der Waals surface area contributed by atoms with Gasteiger partial charge >= 0.3 is 0 Å². The molecule has 2 N–H and O–H groups in total. The van der Waals surface area contributed by atoms with Crippen LogP contribution in [0.5, 0.6) is 0 Å². The molecule has 1 heterocycles. The van der Waals surface area contributed by atoms with E-state index in [-0.39, 0.29) is 10.8 Å². The van der Waals surface area contributed by atoms with Gasteiger partial charge in [0.1, 0.15) is 5.82 Å². The zero-order valence-corrected chi connectivity index (χ0v) is 12.3. The molecule has 20 heavy (non-hydrogen) atoms. The fourth-order valence-corrected chi connectivity index (χ4v) is 2.41. The van der Waals surface area contributed by atoms with Gasteiger partial charge < -0.3 is 15.5 Å². The Labute approximate surface area is 124 Å². The first-order chi connectivity index (χ1) is 9.66. The van der Waals surface area contributed by atoms with Gasteiger partial charge in [0.2, 0.25) is 0 Å². The van der Waals surface area contributed by atoms with Crippen LogP contribution in [0.4, 0.5) is 4.39 Å². The summed E-state index contributed by atoms with van der Waals surface area (Å²) in [6.07, 6.45) is 0.917. The summed E-state index contributed by atoms with van der Waals surface area (Å²) < 4.78 is 13.1. The molecule has 0 spiro atoms. The molecular formula is C14H20FN3OS. The zero-order chi connectivity index (χ0) is 14.4. The zero-order valence-electron chi connectivity index (χ0n) is 11.4. The number of hydrogen-bond acceptors (Lipinski definition) is 4. The number of nitrogens with zero attached hydrogens (tertiary/aromatic N) is 1. The van der Waals surface area contributed by atoms with E-state index in [1.807, 2.05) is 0 Å². The third-order valence-electron chi connectivity index (χ3n) is 3.35. The average molecular weight is 297 g/mol. The number of rotatable bonds is 5. The summed E-state index contributed by atoms with van der Waals surface area (Å²) in [7, 11) is 0. The number of hydrogen-bond donors (Lipinski definition) is 3. The largest absolute Gasteiger partial charge is 0.352 e. The first-order valence-corrected chi connectivity index (χ1v) is 7.31. The Morgan fingerprint density at radius 2 is 2.15 bits per heavy atom. The Kier molecular flexibility index (Phi) is 5.82. The first-order valence-electron chi connectivity index (χ1n) is 6.86. The van der Waals surface area contributed by atoms with Gasteiger partial charge in [0.25, 0.3) is 5.91 Å². The van der Waals surface area contributed by atoms with Crippen LogP contribution in [0.1, 0.15) is 16.8 Å². The molecule has 1 aromatic rings. The summed E-state index contributed by atoms with van der Waals surface area (Å²) >= 11 is 3.97. The third kappa shape index (κ3) is 4.47. The molecule has 0 radical (unpaired) electrons. The van der Waals surface area contributed by atoms with Crippen molar-refractivity contribution in [3.63, 3.8) is 0 Å². The van der Waals surface area contributed by atoms with Gasteiger partial charge in [-0.25, -0.2) is 4.39 Å². The molecule has 1 saturated heterocycles. The van der Waals surface area contributed by atoms with Gasteiger partial charge in [-0.2, -0.15) is 0 Å². The molecule has 0 aromatic heterocycles. The van der Waals surface area contributed by atoms with Crippen molar-refractivity contribution >= 4 is 18.5 Å². The molecule has 0 aliphatic carbocycles. The molecule has 110 valence electrons. The Bertz CT molecular complexity index is 464. The van der Waals surface area contributed by atoms with Crippen molar-refractivity contribution in [3.05, 3.63) is 29.6 Å². The maximum Gasteiger partial charge on any atom is 0.251 e. The van der Waals surface area contributed by atoms with Gasteiger partial charge in [-0.3, -0.25) is 4.79 Å². The van der Waals surface area contributed by atoms with E-state index in [4.69, 9.17) is 0 Å². The summed E-state index contributed by atoms with van der Waals surface area (Å²) in [5.41, 5.74) is 0.443. The number of thiol groups is 1. The van der Waals surface area contributed by atoms with Gasteiger partial charge in [-0.15, -0.1) is 12.6 Å². The lowest BCUT2D eigenvalue weighted by atomic mass is 10.2. The molecule has 4 nitrogen and oxygen atoms in total. The smallest absolute Gasteiger partial charge is 0.251 e. The summed E-state index contributed by atoms with van der Waals surface area (Å²) in [6, 6.07) is 4.18. The van der Waals surface area contributed by atoms with Crippen LogP contribution in [0.3, 0.4) is 0 Å². The molecule has 1 aliphatic rings. The number of carbonyl (C=O) groups is 1. The molecular weight excluding hydrogens is 277 g/mol. The third-order valence-corrected chi connectivity index (χ3v) is 3.70. The topological polar surface area (TPSA) is 44.4 Å². The maximum atomic E-state index is 13.1. The van der Waals surface area contributed by atoms with Crippen molar-refractivity contribution in [1.82, 2.24) is 15.5 Å². The number of benzene rings is 1. The van der Waals surface area contributed by atoms with E-state index in [1.54, 1.807) is 0 Å². The van der Waals surface area contributed by atoms with Crippen molar-refractivity contribution in [1.29, 1.82) is 0 Å². The van der Waals surface area contributed by atoms with Gasteiger partial charge in [0.05, 0.1) is 0 Å². The van der Waals surface area contributed by atoms with Crippen LogP contribution >= 0.6 is 12.6 Å². The summed E-state index contributed by atoms with van der Waals surface area (Å²) in [5, 5.41) is 6.15. The van der Waals surface area contributed by atoms with E-state index in [0.29, 0.717) is 12.1 Å². The van der Waals surface area contributed by atoms with Crippen LogP contribution in [-0.4, -0.2) is 50.1 Å². The van der Waals surface area contributed by atoms with E-state index >= 15 is 0 Å². The van der Waals surface area contributed by atoms with E-state index in [9.17, 15) is 9.18 Å². The van der Waals surface area contributed by atoms with E-state index in [1.165, 1.54) is 18.2 Å². The highest BCUT2D eigenvalue weighted by atomic mass is 32.1. The molecule has 0 bridgehead atoms. The highest BCUT2D eigenvalue weighted by molar-refractivity contribution is 7.80. The summed E-state index contributed by atoms with van der Waals surface area (Å²) in [5.74, 6) is -0.593. The first kappa shape index (κ1) is 15.3. The Morgan fingerprint density at radius 1 is 1.40 bits per heavy atom. The molecule has 1 fully saturated rings. The number of halogens is 1. The van der Waals surface area contributed by atoms with Crippen molar-refractivity contribution in [2.24, 2.45) is 0 Å². The fourth-order valence-electron chi connectivity index (χ4n) is 2.20. The number of nitrogens with one attached hydrogen (secondary N) is 2. The molecule has 2 rings (SSSR count). The molecule has 0 unspecified atom stereocenters. The quantitative estimate of drug-likeness (QED) is 0.564. The Morgan fingerprint density at radius 3 is 2.85 bits per heavy atom. The normalized spacial score (nSPS) is 16.1. The van der Waals surface area contributed by atoms with Crippen LogP contribution in [0.2, 0.25) is 0 Å². The minimum absolute atomic E-state index is 0.180. The number of piperazine rings is 1. The molecule has 0 atom stereocenters. The van der Waals surface area contributed by atoms with Crippen LogP contribution in [-0.2, 0) is 0 Å². The summed E-state index contributed by atoms with van der Waals surface area (Å²) in [6.45, 7) is 5.81. The van der Waals surface area contributed by atoms with Crippen LogP contribution in [0, 0.1) is 5.82 Å². The van der Waals surface area contributed by atoms with E-state index < -0.39 is 5.82 Å². The van der Waals surface area contributed by atoms with Gasteiger partial charge in [-0.05, 0) is 31.2 Å². The highest BCUT2D eigenvalue weighted by Gasteiger charge is 2.10. The van der Waals surface area contributed by atoms with Crippen LogP contribution < -0.4 is 10.6 Å². The van der Waals surface area contributed by atoms with Crippen molar-refractivity contribution in [2.45, 2.75) is 11.3 Å². The second-order valence-electron chi connectivity index (χ2n) is 4.87. The van der Waals surface area contributed by atoms with Gasteiger partial charge in [0, 0.05) is 43.2 Å². The highest BCUT2D eigenvalue weighted by Crippen LogP contribution is 2.14. The SMILES string of the molecule is O=C(NCCCN1CCNCC1)c1ccc(F)c(S)c1. The second-order valence-corrected chi connectivity index (χ2v) is 5.35. The maximum absolute atomic E-state index is 13.1. The predicted molar refractivity (Wildman–Crippen MR) is 79.9 cm³/mol. The minimum atomic E-state index is -0.413. The molecule has 1 aromatic carbocycles. The Hall–Kier alpha value is -1.11. The van der Waals surface area contributed by atoms with Crippen molar-refractivity contribution in [3.8, 4) is 0 Å². The minimum Gasteiger partial charge on any atom is -0.352 e. The fraction of sp³-hybridized carbons (Fsp3) is 0.500. The molecule has 1 aliphatic heterocycles. The van der Waals surface area contributed by atoms with E-state index in [0.717, 1.165) is 39.1 Å². The van der Waals surface area contributed by atoms with Crippen LogP contribution in [0.25, 0.3) is 0 Å². The average Bonchev–Trinajstić information content (AvgIpc) is 2.47. The number of carbonyl (C=O) groups excluding carboxylic acids is 1. The van der Waals surface area contributed by atoms with Gasteiger partial charge in [-0.1, -0.05) is 0 Å². The van der Waals surface area contributed by atoms with Gasteiger partial charge in [0.15, 0.2) is 0 Å². The Balaban J connectivity index is 1.70. The van der Waals surface area contributed by atoms with Crippen molar-refractivity contribution < 1.29 is 9.18 Å². The van der Waals surface area contributed by atoms with Crippen molar-refractivity contribution in [2.75, 3.05) is 39.3 Å². The second kappa shape index (κ2) is 7.61. The monoisotopic (exact) mass is 297 g/mol. The van der Waals surface area contributed by atoms with E-state index in [2.05, 4.69) is 28.2 Å². The standard InChI is InChI=1S/C14H20FN3OS/c15-12-3-2-11(10-13(12)20)14(19)17-4-1-7-18-8-5-16-6-9-18/h2-3,10,16,20H,1,4-9H2,(H,17,19). The molecule has 1 amide bonds. The molecule has 0 saturated carbocycles. The lowest BCUT2D eigenvalue weighted by Gasteiger charge is -2.27. The number of amides is 1. The van der Waals surface area contributed by atoms with Crippen LogP contribution in [0.15, 0.2) is 23.1 Å². The molecule has 6 heteroatoms.